The van der Waals surface area contributed by atoms with E-state index in [4.69, 9.17) is 16.7 Å². The van der Waals surface area contributed by atoms with Gasteiger partial charge in [-0.1, -0.05) is 22.9 Å². The highest BCUT2D eigenvalue weighted by atomic mass is 79.9. The molecule has 110 valence electrons. The Morgan fingerprint density at radius 1 is 1.48 bits per heavy atom. The minimum atomic E-state index is -1.05. The molecular weight excluding hydrogens is 360 g/mol. The number of nitrogens with zero attached hydrogens (tertiary/aromatic N) is 4. The fourth-order valence-electron chi connectivity index (χ4n) is 2.29. The Hall–Kier alpha value is -1.44. The van der Waals surface area contributed by atoms with Crippen molar-refractivity contribution < 1.29 is 9.90 Å². The second kappa shape index (κ2) is 5.75. The van der Waals surface area contributed by atoms with Gasteiger partial charge in [-0.2, -0.15) is 0 Å². The zero-order valence-electron chi connectivity index (χ0n) is 10.9. The van der Waals surface area contributed by atoms with Crippen molar-refractivity contribution in [2.24, 2.45) is 0 Å². The first-order chi connectivity index (χ1) is 10.0. The number of rotatable bonds is 4. The van der Waals surface area contributed by atoms with E-state index in [1.807, 2.05) is 18.2 Å². The average Bonchev–Trinajstić information content (AvgIpc) is 2.87. The maximum atomic E-state index is 10.8. The number of benzene rings is 1. The van der Waals surface area contributed by atoms with E-state index in [2.05, 4.69) is 31.1 Å². The molecule has 21 heavy (non-hydrogen) atoms. The third-order valence-electron chi connectivity index (χ3n) is 3.43. The highest BCUT2D eigenvalue weighted by molar-refractivity contribution is 9.10. The van der Waals surface area contributed by atoms with E-state index in [-0.39, 0.29) is 11.7 Å². The van der Waals surface area contributed by atoms with Gasteiger partial charge in [-0.3, -0.25) is 4.90 Å². The molecule has 0 saturated carbocycles. The van der Waals surface area contributed by atoms with Crippen molar-refractivity contribution in [3.8, 4) is 0 Å². The molecule has 0 spiro atoms. The largest absolute Gasteiger partial charge is 0.476 e. The average molecular weight is 372 g/mol. The maximum absolute atomic E-state index is 10.8. The van der Waals surface area contributed by atoms with Gasteiger partial charge in [-0.05, 0) is 33.6 Å². The molecule has 1 aliphatic rings. The van der Waals surface area contributed by atoms with E-state index < -0.39 is 5.97 Å². The van der Waals surface area contributed by atoms with Crippen LogP contribution in [0.5, 0.6) is 0 Å². The summed E-state index contributed by atoms with van der Waals surface area (Å²) < 4.78 is 2.51. The number of carbonyl (C=O) groups is 1. The van der Waals surface area contributed by atoms with Gasteiger partial charge in [0.05, 0.1) is 17.3 Å². The Morgan fingerprint density at radius 2 is 2.24 bits per heavy atom. The van der Waals surface area contributed by atoms with Crippen LogP contribution in [0, 0.1) is 0 Å². The molecule has 2 heterocycles. The number of carboxylic acids is 1. The first-order valence-electron chi connectivity index (χ1n) is 6.34. The van der Waals surface area contributed by atoms with Crippen molar-refractivity contribution in [1.82, 2.24) is 19.9 Å². The van der Waals surface area contributed by atoms with E-state index in [0.717, 1.165) is 24.1 Å². The Kier molecular flexibility index (Phi) is 3.97. The molecular formula is C13H12BrClN4O2. The Bertz CT molecular complexity index is 685. The molecule has 2 aromatic rings. The van der Waals surface area contributed by atoms with Gasteiger partial charge in [0.2, 0.25) is 0 Å². The minimum absolute atomic E-state index is 0.0184. The fourth-order valence-corrected chi connectivity index (χ4v) is 2.83. The van der Waals surface area contributed by atoms with Crippen LogP contribution in [0.1, 0.15) is 22.1 Å². The minimum Gasteiger partial charge on any atom is -0.476 e. The van der Waals surface area contributed by atoms with Gasteiger partial charge in [-0.25, -0.2) is 9.48 Å². The SMILES string of the molecule is O=C(O)c1cn(C2CN(Cc3ccc(Cl)c(Br)c3)C2)nn1. The number of carboxylic acid groups (broad SMARTS) is 1. The van der Waals surface area contributed by atoms with Crippen LogP contribution in [0.25, 0.3) is 0 Å². The summed E-state index contributed by atoms with van der Waals surface area (Å²) in [7, 11) is 0. The fraction of sp³-hybridized carbons (Fsp3) is 0.308. The van der Waals surface area contributed by atoms with Gasteiger partial charge in [0.25, 0.3) is 0 Å². The maximum Gasteiger partial charge on any atom is 0.358 e. The predicted molar refractivity (Wildman–Crippen MR) is 80.4 cm³/mol. The molecule has 1 aromatic heterocycles. The summed E-state index contributed by atoms with van der Waals surface area (Å²) in [5.74, 6) is -1.05. The Labute approximate surface area is 134 Å². The third-order valence-corrected chi connectivity index (χ3v) is 4.65. The molecule has 0 bridgehead atoms. The lowest BCUT2D eigenvalue weighted by Gasteiger charge is -2.38. The first-order valence-corrected chi connectivity index (χ1v) is 7.51. The zero-order valence-corrected chi connectivity index (χ0v) is 13.3. The highest BCUT2D eigenvalue weighted by Gasteiger charge is 2.29. The van der Waals surface area contributed by atoms with E-state index in [0.29, 0.717) is 5.02 Å². The molecule has 0 radical (unpaired) electrons. The second-order valence-corrected chi connectivity index (χ2v) is 6.25. The highest BCUT2D eigenvalue weighted by Crippen LogP contribution is 2.26. The summed E-state index contributed by atoms with van der Waals surface area (Å²) in [6.45, 7) is 2.47. The van der Waals surface area contributed by atoms with E-state index in [1.54, 1.807) is 4.68 Å². The van der Waals surface area contributed by atoms with E-state index in [9.17, 15) is 4.79 Å². The quantitative estimate of drug-likeness (QED) is 0.894. The monoisotopic (exact) mass is 370 g/mol. The summed E-state index contributed by atoms with van der Waals surface area (Å²) in [6, 6.07) is 6.06. The number of hydrogen-bond acceptors (Lipinski definition) is 4. The molecule has 6 nitrogen and oxygen atoms in total. The van der Waals surface area contributed by atoms with Crippen LogP contribution >= 0.6 is 27.5 Å². The molecule has 0 aliphatic carbocycles. The summed E-state index contributed by atoms with van der Waals surface area (Å²) in [6.07, 6.45) is 1.48. The van der Waals surface area contributed by atoms with Crippen LogP contribution in [-0.2, 0) is 6.54 Å². The lowest BCUT2D eigenvalue weighted by molar-refractivity contribution is 0.0690. The Balaban J connectivity index is 1.57. The van der Waals surface area contributed by atoms with Crippen LogP contribution < -0.4 is 0 Å². The molecule has 1 saturated heterocycles. The van der Waals surface area contributed by atoms with Gasteiger partial charge >= 0.3 is 5.97 Å². The van der Waals surface area contributed by atoms with Crippen LogP contribution in [0.2, 0.25) is 5.02 Å². The van der Waals surface area contributed by atoms with Gasteiger partial charge in [-0.15, -0.1) is 5.10 Å². The first kappa shape index (κ1) is 14.5. The van der Waals surface area contributed by atoms with Crippen LogP contribution in [0.15, 0.2) is 28.9 Å². The summed E-state index contributed by atoms with van der Waals surface area (Å²) in [5, 5.41) is 17.0. The molecule has 3 rings (SSSR count). The molecule has 1 aliphatic heterocycles. The molecule has 0 atom stereocenters. The number of halogens is 2. The third kappa shape index (κ3) is 3.09. The van der Waals surface area contributed by atoms with Crippen LogP contribution in [0.3, 0.4) is 0 Å². The van der Waals surface area contributed by atoms with Crippen molar-refractivity contribution >= 4 is 33.5 Å². The molecule has 1 fully saturated rings. The molecule has 1 aromatic carbocycles. The van der Waals surface area contributed by atoms with E-state index in [1.165, 1.54) is 11.8 Å². The molecule has 8 heteroatoms. The smallest absolute Gasteiger partial charge is 0.358 e. The van der Waals surface area contributed by atoms with Gasteiger partial charge < -0.3 is 5.11 Å². The molecule has 1 N–H and O–H groups in total. The zero-order chi connectivity index (χ0) is 15.0. The summed E-state index contributed by atoms with van der Waals surface area (Å²) >= 11 is 9.38. The van der Waals surface area contributed by atoms with Crippen LogP contribution in [-0.4, -0.2) is 44.1 Å². The molecule has 0 amide bonds. The normalized spacial score (nSPS) is 15.9. The van der Waals surface area contributed by atoms with Gasteiger partial charge in [0.15, 0.2) is 5.69 Å². The van der Waals surface area contributed by atoms with E-state index >= 15 is 0 Å². The lowest BCUT2D eigenvalue weighted by atomic mass is 10.1. The van der Waals surface area contributed by atoms with Gasteiger partial charge in [0, 0.05) is 24.1 Å². The number of aromatic carboxylic acids is 1. The Morgan fingerprint density at radius 3 is 2.86 bits per heavy atom. The van der Waals surface area contributed by atoms with Crippen molar-refractivity contribution in [3.63, 3.8) is 0 Å². The second-order valence-electron chi connectivity index (χ2n) is 4.99. The lowest BCUT2D eigenvalue weighted by Crippen LogP contribution is -2.47. The van der Waals surface area contributed by atoms with Crippen molar-refractivity contribution in [2.75, 3.05) is 13.1 Å². The topological polar surface area (TPSA) is 71.2 Å². The predicted octanol–water partition coefficient (Wildman–Crippen LogP) is 2.45. The number of hydrogen-bond donors (Lipinski definition) is 1. The standard InChI is InChI=1S/C13H12BrClN4O2/c14-10-3-8(1-2-11(10)15)4-18-5-9(6-18)19-7-12(13(20)21)16-17-19/h1-3,7,9H,4-6H2,(H,20,21). The summed E-state index contributed by atoms with van der Waals surface area (Å²) in [4.78, 5) is 13.0. The summed E-state index contributed by atoms with van der Waals surface area (Å²) in [5.41, 5.74) is 1.16. The van der Waals surface area contributed by atoms with Crippen molar-refractivity contribution in [2.45, 2.75) is 12.6 Å². The van der Waals surface area contributed by atoms with Gasteiger partial charge in [0.1, 0.15) is 0 Å². The van der Waals surface area contributed by atoms with Crippen LogP contribution in [0.4, 0.5) is 0 Å². The molecule has 0 unspecified atom stereocenters. The number of aromatic nitrogens is 3. The van der Waals surface area contributed by atoms with Crippen molar-refractivity contribution in [1.29, 1.82) is 0 Å². The van der Waals surface area contributed by atoms with Crippen molar-refractivity contribution in [3.05, 3.63) is 45.1 Å². The number of likely N-dealkylation sites (tertiary alicyclic amines) is 1.